The number of aromatic hydroxyl groups is 2. The Bertz CT molecular complexity index is 909. The molecule has 1 unspecified atom stereocenters. The normalized spacial score (nSPS) is 18.7. The molecule has 1 aliphatic rings. The Morgan fingerprint density at radius 3 is 1.93 bits per heavy atom. The lowest BCUT2D eigenvalue weighted by atomic mass is 9.57. The molecule has 0 aromatic heterocycles. The number of benzene rings is 3. The highest BCUT2D eigenvalue weighted by Gasteiger charge is 2.44. The van der Waals surface area contributed by atoms with Gasteiger partial charge < -0.3 is 10.2 Å². The molecule has 1 atom stereocenters. The smallest absolute Gasteiger partial charge is 0.115 e. The minimum atomic E-state index is -0.171. The molecular formula is C27H30O2. The standard InChI is InChI=1S/C27H30O2/c1-19(2)20-6-5-7-21(18-20)26-8-3-4-17-27(26,22-9-13-24(28)14-10-22)23-11-15-25(29)16-12-23/h5-7,9-16,18-19,26,28-29H,3-4,8,17H2,1-2H3. The minimum absolute atomic E-state index is 0.171. The summed E-state index contributed by atoms with van der Waals surface area (Å²) in [6.45, 7) is 4.49. The predicted octanol–water partition coefficient (Wildman–Crippen LogP) is 6.87. The third kappa shape index (κ3) is 3.64. The lowest BCUT2D eigenvalue weighted by Gasteiger charge is -2.46. The van der Waals surface area contributed by atoms with Gasteiger partial charge in [0, 0.05) is 5.41 Å². The van der Waals surface area contributed by atoms with Gasteiger partial charge in [-0.1, -0.05) is 75.2 Å². The van der Waals surface area contributed by atoms with Gasteiger partial charge in [-0.25, -0.2) is 0 Å². The van der Waals surface area contributed by atoms with E-state index in [-0.39, 0.29) is 5.41 Å². The second kappa shape index (κ2) is 7.94. The van der Waals surface area contributed by atoms with Crippen LogP contribution in [0.3, 0.4) is 0 Å². The van der Waals surface area contributed by atoms with E-state index in [2.05, 4.69) is 62.4 Å². The maximum absolute atomic E-state index is 9.89. The zero-order valence-electron chi connectivity index (χ0n) is 17.3. The van der Waals surface area contributed by atoms with E-state index in [1.54, 1.807) is 24.3 Å². The molecule has 1 saturated carbocycles. The van der Waals surface area contributed by atoms with Crippen LogP contribution in [0.1, 0.15) is 73.6 Å². The van der Waals surface area contributed by atoms with Crippen LogP contribution < -0.4 is 0 Å². The molecule has 0 aliphatic heterocycles. The fraction of sp³-hybridized carbons (Fsp3) is 0.333. The van der Waals surface area contributed by atoms with Crippen LogP contribution in [0.4, 0.5) is 0 Å². The third-order valence-corrected chi connectivity index (χ3v) is 6.65. The van der Waals surface area contributed by atoms with Gasteiger partial charge in [0.25, 0.3) is 0 Å². The van der Waals surface area contributed by atoms with Crippen LogP contribution in [0.5, 0.6) is 11.5 Å². The molecule has 0 heterocycles. The molecule has 3 aromatic carbocycles. The minimum Gasteiger partial charge on any atom is -0.508 e. The number of phenols is 2. The maximum Gasteiger partial charge on any atom is 0.115 e. The second-order valence-corrected chi connectivity index (χ2v) is 8.69. The van der Waals surface area contributed by atoms with Crippen molar-refractivity contribution >= 4 is 0 Å². The van der Waals surface area contributed by atoms with Gasteiger partial charge in [0.1, 0.15) is 11.5 Å². The van der Waals surface area contributed by atoms with Crippen molar-refractivity contribution < 1.29 is 10.2 Å². The highest BCUT2D eigenvalue weighted by Crippen LogP contribution is 2.53. The molecule has 1 aliphatic carbocycles. The summed E-state index contributed by atoms with van der Waals surface area (Å²) in [6, 6.07) is 24.6. The van der Waals surface area contributed by atoms with E-state index in [9.17, 15) is 10.2 Å². The monoisotopic (exact) mass is 386 g/mol. The fourth-order valence-corrected chi connectivity index (χ4v) is 5.13. The fourth-order valence-electron chi connectivity index (χ4n) is 5.13. The van der Waals surface area contributed by atoms with Crippen molar-refractivity contribution in [3.8, 4) is 11.5 Å². The first-order valence-electron chi connectivity index (χ1n) is 10.7. The van der Waals surface area contributed by atoms with Crippen molar-refractivity contribution in [1.82, 2.24) is 0 Å². The van der Waals surface area contributed by atoms with Crippen molar-refractivity contribution in [2.75, 3.05) is 0 Å². The molecule has 0 spiro atoms. The Balaban J connectivity index is 1.92. The van der Waals surface area contributed by atoms with Gasteiger partial charge in [-0.2, -0.15) is 0 Å². The first kappa shape index (κ1) is 19.6. The average Bonchev–Trinajstić information content (AvgIpc) is 2.75. The van der Waals surface area contributed by atoms with Crippen LogP contribution in [0, 0.1) is 0 Å². The predicted molar refractivity (Wildman–Crippen MR) is 119 cm³/mol. The number of hydrogen-bond acceptors (Lipinski definition) is 2. The number of hydrogen-bond donors (Lipinski definition) is 2. The average molecular weight is 387 g/mol. The number of rotatable bonds is 4. The summed E-state index contributed by atoms with van der Waals surface area (Å²) < 4.78 is 0. The summed E-state index contributed by atoms with van der Waals surface area (Å²) in [4.78, 5) is 0. The van der Waals surface area contributed by atoms with E-state index in [0.717, 1.165) is 12.8 Å². The van der Waals surface area contributed by atoms with Crippen molar-refractivity contribution in [3.05, 3.63) is 95.1 Å². The van der Waals surface area contributed by atoms with E-state index in [1.165, 1.54) is 35.1 Å². The van der Waals surface area contributed by atoms with E-state index in [4.69, 9.17) is 0 Å². The Labute approximate surface area is 173 Å². The summed E-state index contributed by atoms with van der Waals surface area (Å²) in [6.07, 6.45) is 4.57. The van der Waals surface area contributed by atoms with Crippen LogP contribution in [-0.4, -0.2) is 10.2 Å². The van der Waals surface area contributed by atoms with Gasteiger partial charge in [0.05, 0.1) is 0 Å². The summed E-state index contributed by atoms with van der Waals surface area (Å²) in [7, 11) is 0. The van der Waals surface area contributed by atoms with Gasteiger partial charge >= 0.3 is 0 Å². The lowest BCUT2D eigenvalue weighted by molar-refractivity contribution is 0.294. The second-order valence-electron chi connectivity index (χ2n) is 8.69. The zero-order valence-corrected chi connectivity index (χ0v) is 17.3. The molecule has 2 N–H and O–H groups in total. The molecule has 2 heteroatoms. The Morgan fingerprint density at radius 2 is 1.38 bits per heavy atom. The summed E-state index contributed by atoms with van der Waals surface area (Å²) in [5.41, 5.74) is 5.06. The van der Waals surface area contributed by atoms with Crippen LogP contribution in [0.25, 0.3) is 0 Å². The molecule has 4 rings (SSSR count). The lowest BCUT2D eigenvalue weighted by Crippen LogP contribution is -2.38. The van der Waals surface area contributed by atoms with Gasteiger partial charge in [-0.3, -0.25) is 0 Å². The molecule has 3 aromatic rings. The van der Waals surface area contributed by atoms with E-state index < -0.39 is 0 Å². The molecule has 0 saturated heterocycles. The number of phenolic OH excluding ortho intramolecular Hbond substituents is 2. The van der Waals surface area contributed by atoms with Crippen LogP contribution in [0.15, 0.2) is 72.8 Å². The topological polar surface area (TPSA) is 40.5 Å². The highest BCUT2D eigenvalue weighted by atomic mass is 16.3. The molecule has 0 amide bonds. The van der Waals surface area contributed by atoms with Gasteiger partial charge in [0.2, 0.25) is 0 Å². The first-order valence-corrected chi connectivity index (χ1v) is 10.7. The third-order valence-electron chi connectivity index (χ3n) is 6.65. The highest BCUT2D eigenvalue weighted by molar-refractivity contribution is 5.48. The SMILES string of the molecule is CC(C)c1cccc(C2CCCCC2(c2ccc(O)cc2)c2ccc(O)cc2)c1. The van der Waals surface area contributed by atoms with Gasteiger partial charge in [-0.05, 0) is 71.2 Å². The van der Waals surface area contributed by atoms with Crippen molar-refractivity contribution in [1.29, 1.82) is 0 Å². The first-order chi connectivity index (χ1) is 14.0. The molecule has 0 radical (unpaired) electrons. The largest absolute Gasteiger partial charge is 0.508 e. The summed E-state index contributed by atoms with van der Waals surface area (Å²) >= 11 is 0. The van der Waals surface area contributed by atoms with Gasteiger partial charge in [0.15, 0.2) is 0 Å². The Hall–Kier alpha value is -2.74. The molecule has 1 fully saturated rings. The molecule has 0 bridgehead atoms. The molecule has 150 valence electrons. The molecule has 2 nitrogen and oxygen atoms in total. The van der Waals surface area contributed by atoms with Crippen molar-refractivity contribution in [3.63, 3.8) is 0 Å². The Morgan fingerprint density at radius 1 is 0.793 bits per heavy atom. The summed E-state index contributed by atoms with van der Waals surface area (Å²) in [5.74, 6) is 1.44. The van der Waals surface area contributed by atoms with E-state index in [1.807, 2.05) is 0 Å². The van der Waals surface area contributed by atoms with Crippen LogP contribution >= 0.6 is 0 Å². The molecular weight excluding hydrogens is 356 g/mol. The zero-order chi connectivity index (χ0) is 20.4. The van der Waals surface area contributed by atoms with Crippen LogP contribution in [-0.2, 0) is 5.41 Å². The quantitative estimate of drug-likeness (QED) is 0.514. The van der Waals surface area contributed by atoms with E-state index in [0.29, 0.717) is 23.3 Å². The van der Waals surface area contributed by atoms with Gasteiger partial charge in [-0.15, -0.1) is 0 Å². The van der Waals surface area contributed by atoms with Crippen LogP contribution in [0.2, 0.25) is 0 Å². The van der Waals surface area contributed by atoms with Crippen molar-refractivity contribution in [2.24, 2.45) is 0 Å². The van der Waals surface area contributed by atoms with Crippen molar-refractivity contribution in [2.45, 2.75) is 56.8 Å². The maximum atomic E-state index is 9.89. The Kier molecular flexibility index (Phi) is 5.36. The molecule has 29 heavy (non-hydrogen) atoms. The summed E-state index contributed by atoms with van der Waals surface area (Å²) in [5, 5.41) is 19.8. The van der Waals surface area contributed by atoms with E-state index >= 15 is 0 Å².